The van der Waals surface area contributed by atoms with Gasteiger partial charge in [0.25, 0.3) is 0 Å². The number of rotatable bonds is 9. The van der Waals surface area contributed by atoms with Gasteiger partial charge < -0.3 is 9.64 Å². The van der Waals surface area contributed by atoms with Crippen molar-refractivity contribution in [3.63, 3.8) is 0 Å². The normalized spacial score (nSPS) is 15.3. The molecule has 1 aliphatic rings. The maximum atomic E-state index is 11.8. The van der Waals surface area contributed by atoms with E-state index in [1.165, 1.54) is 0 Å². The number of aromatic nitrogens is 1. The van der Waals surface area contributed by atoms with Crippen LogP contribution in [0, 0.1) is 11.8 Å². The number of hydrogen-bond acceptors (Lipinski definition) is 6. The van der Waals surface area contributed by atoms with Crippen molar-refractivity contribution in [1.29, 1.82) is 0 Å². The van der Waals surface area contributed by atoms with Gasteiger partial charge in [-0.05, 0) is 37.1 Å². The molecule has 0 radical (unpaired) electrons. The summed E-state index contributed by atoms with van der Waals surface area (Å²) in [6, 6.07) is 21.7. The third-order valence-electron chi connectivity index (χ3n) is 5.95. The molecule has 4 rings (SSSR count). The van der Waals surface area contributed by atoms with Crippen LogP contribution in [-0.4, -0.2) is 42.6 Å². The number of aryl methyl sites for hydroxylation is 1. The molecule has 0 spiro atoms. The van der Waals surface area contributed by atoms with Crippen LogP contribution in [0.15, 0.2) is 78.1 Å². The number of benzene rings is 2. The fourth-order valence-electron chi connectivity index (χ4n) is 4.11. The van der Waals surface area contributed by atoms with Crippen LogP contribution >= 0.6 is 0 Å². The van der Waals surface area contributed by atoms with Crippen molar-refractivity contribution >= 4 is 5.82 Å². The van der Waals surface area contributed by atoms with Crippen LogP contribution in [0.3, 0.4) is 0 Å². The molecule has 1 aromatic heterocycles. The summed E-state index contributed by atoms with van der Waals surface area (Å²) in [6.45, 7) is 7.11. The monoisotopic (exact) mass is 430 g/mol. The molecule has 2 aromatic carbocycles. The van der Waals surface area contributed by atoms with Crippen molar-refractivity contribution in [1.82, 2.24) is 9.88 Å². The van der Waals surface area contributed by atoms with E-state index in [1.807, 2.05) is 73.8 Å². The number of anilines is 1. The van der Waals surface area contributed by atoms with E-state index in [9.17, 15) is 4.91 Å². The summed E-state index contributed by atoms with van der Waals surface area (Å²) in [4.78, 5) is 21.0. The molecule has 6 nitrogen and oxygen atoms in total. The summed E-state index contributed by atoms with van der Waals surface area (Å²) in [5.74, 6) is 1.77. The first-order valence-corrected chi connectivity index (χ1v) is 11.2. The Kier molecular flexibility index (Phi) is 7.46. The highest BCUT2D eigenvalue weighted by Crippen LogP contribution is 2.32. The average molecular weight is 431 g/mol. The van der Waals surface area contributed by atoms with Gasteiger partial charge in [0.1, 0.15) is 24.2 Å². The van der Waals surface area contributed by atoms with E-state index in [2.05, 4.69) is 26.0 Å². The topological polar surface area (TPSA) is 58.0 Å². The van der Waals surface area contributed by atoms with Gasteiger partial charge in [0.15, 0.2) is 0 Å². The van der Waals surface area contributed by atoms with Crippen molar-refractivity contribution in [2.24, 2.45) is 5.18 Å². The summed E-state index contributed by atoms with van der Waals surface area (Å²) in [7, 11) is 0. The maximum Gasteiger partial charge on any atom is 0.128 e. The van der Waals surface area contributed by atoms with Crippen LogP contribution in [-0.2, 0) is 6.61 Å². The van der Waals surface area contributed by atoms with Gasteiger partial charge in [0, 0.05) is 44.5 Å². The highest BCUT2D eigenvalue weighted by molar-refractivity contribution is 5.40. The third kappa shape index (κ3) is 5.71. The van der Waals surface area contributed by atoms with Crippen LogP contribution in [0.2, 0.25) is 0 Å². The summed E-state index contributed by atoms with van der Waals surface area (Å²) >= 11 is 0. The Morgan fingerprint density at radius 2 is 1.78 bits per heavy atom. The van der Waals surface area contributed by atoms with Crippen molar-refractivity contribution in [3.05, 3.63) is 94.5 Å². The second-order valence-corrected chi connectivity index (χ2v) is 8.24. The van der Waals surface area contributed by atoms with Crippen molar-refractivity contribution in [2.75, 3.05) is 37.6 Å². The quantitative estimate of drug-likeness (QED) is 0.448. The summed E-state index contributed by atoms with van der Waals surface area (Å²) < 4.78 is 6.09. The van der Waals surface area contributed by atoms with E-state index in [0.717, 1.165) is 61.0 Å². The summed E-state index contributed by atoms with van der Waals surface area (Å²) in [5.41, 5.74) is 3.08. The molecule has 0 amide bonds. The molecule has 1 atom stereocenters. The van der Waals surface area contributed by atoms with E-state index in [-0.39, 0.29) is 0 Å². The molecule has 0 aliphatic carbocycles. The van der Waals surface area contributed by atoms with Crippen LogP contribution in [0.4, 0.5) is 5.82 Å². The number of nitroso groups, excluding NO2 is 1. The lowest BCUT2D eigenvalue weighted by molar-refractivity contribution is 0.246. The molecule has 1 saturated heterocycles. The van der Waals surface area contributed by atoms with Crippen LogP contribution in [0.5, 0.6) is 5.75 Å². The second kappa shape index (κ2) is 10.9. The van der Waals surface area contributed by atoms with Crippen molar-refractivity contribution in [3.8, 4) is 5.75 Å². The number of pyridine rings is 1. The molecule has 0 saturated carbocycles. The summed E-state index contributed by atoms with van der Waals surface area (Å²) in [5, 5.41) is 3.48. The van der Waals surface area contributed by atoms with Crippen molar-refractivity contribution < 1.29 is 4.74 Å². The van der Waals surface area contributed by atoms with E-state index < -0.39 is 6.04 Å². The predicted octanol–water partition coefficient (Wildman–Crippen LogP) is 4.99. The SMILES string of the molecule is Cc1ccc(OCc2ccccc2)c(C(CCN2CCN(c3ccccn3)CC2)N=O)c1. The zero-order valence-electron chi connectivity index (χ0n) is 18.6. The van der Waals surface area contributed by atoms with E-state index >= 15 is 0 Å². The van der Waals surface area contributed by atoms with Gasteiger partial charge in [-0.25, -0.2) is 4.98 Å². The minimum absolute atomic E-state index is 0.422. The lowest BCUT2D eigenvalue weighted by atomic mass is 10.0. The first kappa shape index (κ1) is 22.0. The molecule has 166 valence electrons. The first-order valence-electron chi connectivity index (χ1n) is 11.2. The van der Waals surface area contributed by atoms with Gasteiger partial charge in [-0.1, -0.05) is 59.3 Å². The molecule has 0 N–H and O–H groups in total. The molecular formula is C26H30N4O2. The molecule has 32 heavy (non-hydrogen) atoms. The van der Waals surface area contributed by atoms with Gasteiger partial charge in [0.05, 0.1) is 0 Å². The highest BCUT2D eigenvalue weighted by Gasteiger charge is 2.22. The first-order chi connectivity index (χ1) is 15.7. The standard InChI is InChI=1S/C26H30N4O2/c1-21-10-11-25(32-20-22-7-3-2-4-8-22)23(19-21)24(28-31)12-14-29-15-17-30(18-16-29)26-9-5-6-13-27-26/h2-11,13,19,24H,12,14-18,20H2,1H3. The molecule has 1 aliphatic heterocycles. The van der Waals surface area contributed by atoms with Crippen LogP contribution in [0.25, 0.3) is 0 Å². The zero-order valence-corrected chi connectivity index (χ0v) is 18.6. The minimum Gasteiger partial charge on any atom is -0.489 e. The van der Waals surface area contributed by atoms with Crippen LogP contribution < -0.4 is 9.64 Å². The minimum atomic E-state index is -0.422. The zero-order chi connectivity index (χ0) is 22.2. The Morgan fingerprint density at radius 3 is 2.50 bits per heavy atom. The molecule has 6 heteroatoms. The molecule has 1 unspecified atom stereocenters. The van der Waals surface area contributed by atoms with E-state index in [4.69, 9.17) is 4.74 Å². The van der Waals surface area contributed by atoms with Gasteiger partial charge in [0.2, 0.25) is 0 Å². The molecular weight excluding hydrogens is 400 g/mol. The second-order valence-electron chi connectivity index (χ2n) is 8.24. The van der Waals surface area contributed by atoms with Gasteiger partial charge >= 0.3 is 0 Å². The third-order valence-corrected chi connectivity index (χ3v) is 5.95. The predicted molar refractivity (Wildman–Crippen MR) is 128 cm³/mol. The Hall–Kier alpha value is -3.25. The highest BCUT2D eigenvalue weighted by atomic mass is 16.5. The van der Waals surface area contributed by atoms with Gasteiger partial charge in [-0.15, -0.1) is 0 Å². The summed E-state index contributed by atoms with van der Waals surface area (Å²) in [6.07, 6.45) is 2.51. The number of hydrogen-bond donors (Lipinski definition) is 0. The fraction of sp³-hybridized carbons (Fsp3) is 0.346. The average Bonchev–Trinajstić information content (AvgIpc) is 2.85. The Labute approximate surface area is 189 Å². The molecule has 1 fully saturated rings. The Morgan fingerprint density at radius 1 is 1.00 bits per heavy atom. The molecule has 3 aromatic rings. The van der Waals surface area contributed by atoms with E-state index in [1.54, 1.807) is 0 Å². The lowest BCUT2D eigenvalue weighted by Crippen LogP contribution is -2.47. The maximum absolute atomic E-state index is 11.8. The van der Waals surface area contributed by atoms with Gasteiger partial charge in [-0.3, -0.25) is 4.90 Å². The van der Waals surface area contributed by atoms with Gasteiger partial charge in [-0.2, -0.15) is 4.91 Å². The van der Waals surface area contributed by atoms with E-state index in [0.29, 0.717) is 13.0 Å². The molecule has 2 heterocycles. The Bertz CT molecular complexity index is 989. The molecule has 0 bridgehead atoms. The largest absolute Gasteiger partial charge is 0.489 e. The fourth-order valence-corrected chi connectivity index (χ4v) is 4.11. The number of nitrogens with zero attached hydrogens (tertiary/aromatic N) is 4. The van der Waals surface area contributed by atoms with Crippen LogP contribution in [0.1, 0.15) is 29.2 Å². The van der Waals surface area contributed by atoms with Crippen molar-refractivity contribution in [2.45, 2.75) is 26.0 Å². The Balaban J connectivity index is 1.35. The number of piperazine rings is 1. The smallest absolute Gasteiger partial charge is 0.128 e. The number of ether oxygens (including phenoxy) is 1. The lowest BCUT2D eigenvalue weighted by Gasteiger charge is -2.35.